The molecule has 1 heterocycles. The van der Waals surface area contributed by atoms with Crippen LogP contribution in [0.2, 0.25) is 0 Å². The summed E-state index contributed by atoms with van der Waals surface area (Å²) in [5.74, 6) is 1.03. The second-order valence-corrected chi connectivity index (χ2v) is 5.79. The van der Waals surface area contributed by atoms with Crippen LogP contribution in [0.5, 0.6) is 5.75 Å². The molecule has 0 aromatic heterocycles. The third kappa shape index (κ3) is 5.05. The number of carbonyl (C=O) groups excluding carboxylic acids is 1. The summed E-state index contributed by atoms with van der Waals surface area (Å²) in [7, 11) is 1.85. The van der Waals surface area contributed by atoms with Gasteiger partial charge in [0.05, 0.1) is 13.1 Å². The summed E-state index contributed by atoms with van der Waals surface area (Å²) in [5, 5.41) is 0. The van der Waals surface area contributed by atoms with Gasteiger partial charge in [0, 0.05) is 13.1 Å². The second kappa shape index (κ2) is 8.03. The van der Waals surface area contributed by atoms with Gasteiger partial charge in [0.15, 0.2) is 0 Å². The highest BCUT2D eigenvalue weighted by atomic mass is 16.5. The first-order chi connectivity index (χ1) is 10.2. The van der Waals surface area contributed by atoms with E-state index in [0.717, 1.165) is 12.3 Å². The van der Waals surface area contributed by atoms with Gasteiger partial charge in [0.25, 0.3) is 0 Å². The van der Waals surface area contributed by atoms with Gasteiger partial charge in [0.2, 0.25) is 5.91 Å². The number of likely N-dealkylation sites (N-methyl/N-ethyl adjacent to an activating group) is 1. The van der Waals surface area contributed by atoms with Crippen LogP contribution in [-0.4, -0.2) is 55.0 Å². The Bertz CT molecular complexity index is 436. The number of rotatable bonds is 6. The minimum Gasteiger partial charge on any atom is -0.492 e. The van der Waals surface area contributed by atoms with Crippen molar-refractivity contribution in [2.24, 2.45) is 0 Å². The summed E-state index contributed by atoms with van der Waals surface area (Å²) in [4.78, 5) is 16.3. The van der Waals surface area contributed by atoms with Gasteiger partial charge < -0.3 is 9.64 Å². The fourth-order valence-corrected chi connectivity index (χ4v) is 2.63. The lowest BCUT2D eigenvalue weighted by atomic mass is 10.0. The van der Waals surface area contributed by atoms with Crippen LogP contribution < -0.4 is 4.74 Å². The van der Waals surface area contributed by atoms with Crippen molar-refractivity contribution in [3.8, 4) is 5.75 Å². The maximum absolute atomic E-state index is 12.2. The van der Waals surface area contributed by atoms with Gasteiger partial charge in [0.1, 0.15) is 12.4 Å². The molecule has 116 valence electrons. The molecule has 1 atom stereocenters. The molecular weight excluding hydrogens is 264 g/mol. The van der Waals surface area contributed by atoms with E-state index in [2.05, 4.69) is 11.8 Å². The van der Waals surface area contributed by atoms with Gasteiger partial charge in [-0.05, 0) is 38.4 Å². The van der Waals surface area contributed by atoms with Crippen LogP contribution in [0.4, 0.5) is 0 Å². The summed E-state index contributed by atoms with van der Waals surface area (Å²) in [5.41, 5.74) is 0. The molecular formula is C17H26N2O2. The largest absolute Gasteiger partial charge is 0.492 e. The highest BCUT2D eigenvalue weighted by Gasteiger charge is 2.21. The van der Waals surface area contributed by atoms with Crippen molar-refractivity contribution in [2.45, 2.75) is 32.2 Å². The third-order valence-corrected chi connectivity index (χ3v) is 4.14. The van der Waals surface area contributed by atoms with Crippen molar-refractivity contribution in [3.63, 3.8) is 0 Å². The number of amides is 1. The number of hydrogen-bond donors (Lipinski definition) is 0. The lowest BCUT2D eigenvalue weighted by Gasteiger charge is -2.33. The summed E-state index contributed by atoms with van der Waals surface area (Å²) >= 11 is 0. The molecule has 1 fully saturated rings. The fourth-order valence-electron chi connectivity index (χ4n) is 2.63. The average Bonchev–Trinajstić information content (AvgIpc) is 2.50. The lowest BCUT2D eigenvalue weighted by Crippen LogP contribution is -2.45. The number of piperidine rings is 1. The quantitative estimate of drug-likeness (QED) is 0.806. The predicted octanol–water partition coefficient (Wildman–Crippen LogP) is 2.40. The molecule has 0 saturated carbocycles. The number of carbonyl (C=O) groups is 1. The molecule has 1 aromatic rings. The van der Waals surface area contributed by atoms with Crippen LogP contribution in [-0.2, 0) is 4.79 Å². The first kappa shape index (κ1) is 15.8. The van der Waals surface area contributed by atoms with Crippen LogP contribution in [0.15, 0.2) is 30.3 Å². The second-order valence-electron chi connectivity index (χ2n) is 5.79. The molecule has 1 aliphatic rings. The highest BCUT2D eigenvalue weighted by Crippen LogP contribution is 2.16. The Balaban J connectivity index is 1.69. The number of para-hydroxylation sites is 1. The van der Waals surface area contributed by atoms with E-state index in [1.165, 1.54) is 19.3 Å². The predicted molar refractivity (Wildman–Crippen MR) is 84.5 cm³/mol. The lowest BCUT2D eigenvalue weighted by molar-refractivity contribution is -0.132. The van der Waals surface area contributed by atoms with Crippen molar-refractivity contribution in [1.29, 1.82) is 0 Å². The van der Waals surface area contributed by atoms with Crippen molar-refractivity contribution >= 4 is 5.91 Å². The number of ether oxygens (including phenoxy) is 1. The van der Waals surface area contributed by atoms with Gasteiger partial charge in [-0.3, -0.25) is 9.69 Å². The Labute approximate surface area is 127 Å². The smallest absolute Gasteiger partial charge is 0.236 e. The maximum atomic E-state index is 12.2. The van der Waals surface area contributed by atoms with Gasteiger partial charge in [-0.2, -0.15) is 0 Å². The normalized spacial score (nSPS) is 19.2. The Kier molecular flexibility index (Phi) is 6.05. The molecule has 0 radical (unpaired) electrons. The molecule has 0 aliphatic carbocycles. The summed E-state index contributed by atoms with van der Waals surface area (Å²) in [6.07, 6.45) is 3.69. The maximum Gasteiger partial charge on any atom is 0.236 e. The Morgan fingerprint density at radius 1 is 1.33 bits per heavy atom. The first-order valence-corrected chi connectivity index (χ1v) is 7.82. The summed E-state index contributed by atoms with van der Waals surface area (Å²) < 4.78 is 5.63. The molecule has 1 saturated heterocycles. The van der Waals surface area contributed by atoms with E-state index in [4.69, 9.17) is 4.74 Å². The average molecular weight is 290 g/mol. The highest BCUT2D eigenvalue weighted by molar-refractivity contribution is 5.78. The zero-order valence-electron chi connectivity index (χ0n) is 13.1. The van der Waals surface area contributed by atoms with Gasteiger partial charge in [-0.25, -0.2) is 0 Å². The molecule has 4 heteroatoms. The number of benzene rings is 1. The molecule has 1 amide bonds. The minimum atomic E-state index is 0.181. The van der Waals surface area contributed by atoms with Crippen LogP contribution in [0.3, 0.4) is 0 Å². The van der Waals surface area contributed by atoms with Gasteiger partial charge >= 0.3 is 0 Å². The summed E-state index contributed by atoms with van der Waals surface area (Å²) in [6.45, 7) is 4.94. The van der Waals surface area contributed by atoms with E-state index in [1.54, 1.807) is 4.90 Å². The zero-order valence-corrected chi connectivity index (χ0v) is 13.1. The fraction of sp³-hybridized carbons (Fsp3) is 0.588. The van der Waals surface area contributed by atoms with Crippen LogP contribution in [0.25, 0.3) is 0 Å². The molecule has 4 nitrogen and oxygen atoms in total. The molecule has 21 heavy (non-hydrogen) atoms. The number of nitrogens with zero attached hydrogens (tertiary/aromatic N) is 2. The number of hydrogen-bond acceptors (Lipinski definition) is 3. The van der Waals surface area contributed by atoms with E-state index in [-0.39, 0.29) is 5.91 Å². The van der Waals surface area contributed by atoms with E-state index >= 15 is 0 Å². The van der Waals surface area contributed by atoms with Gasteiger partial charge in [-0.1, -0.05) is 24.6 Å². The van der Waals surface area contributed by atoms with E-state index in [0.29, 0.717) is 25.7 Å². The molecule has 1 aromatic carbocycles. The zero-order chi connectivity index (χ0) is 15.1. The molecule has 1 aliphatic heterocycles. The van der Waals surface area contributed by atoms with Crippen molar-refractivity contribution in [3.05, 3.63) is 30.3 Å². The molecule has 0 N–H and O–H groups in total. The topological polar surface area (TPSA) is 32.8 Å². The Morgan fingerprint density at radius 2 is 2.10 bits per heavy atom. The summed E-state index contributed by atoms with van der Waals surface area (Å²) in [6, 6.07) is 10.2. The SMILES string of the molecule is CC1CCCCN1CC(=O)N(C)CCOc1ccccc1. The van der Waals surface area contributed by atoms with Crippen LogP contribution in [0.1, 0.15) is 26.2 Å². The standard InChI is InChI=1S/C17H26N2O2/c1-15-8-6-7-11-19(15)14-17(20)18(2)12-13-21-16-9-4-3-5-10-16/h3-5,9-10,15H,6-8,11-14H2,1-2H3. The Morgan fingerprint density at radius 3 is 2.81 bits per heavy atom. The molecule has 1 unspecified atom stereocenters. The molecule has 2 rings (SSSR count). The van der Waals surface area contributed by atoms with Crippen LogP contribution in [0, 0.1) is 0 Å². The van der Waals surface area contributed by atoms with E-state index in [9.17, 15) is 4.79 Å². The minimum absolute atomic E-state index is 0.181. The van der Waals surface area contributed by atoms with E-state index in [1.807, 2.05) is 37.4 Å². The van der Waals surface area contributed by atoms with E-state index < -0.39 is 0 Å². The third-order valence-electron chi connectivity index (χ3n) is 4.14. The molecule has 0 spiro atoms. The van der Waals surface area contributed by atoms with Crippen molar-refractivity contribution in [2.75, 3.05) is 33.3 Å². The monoisotopic (exact) mass is 290 g/mol. The van der Waals surface area contributed by atoms with Gasteiger partial charge in [-0.15, -0.1) is 0 Å². The van der Waals surface area contributed by atoms with Crippen LogP contribution >= 0.6 is 0 Å². The van der Waals surface area contributed by atoms with Crippen molar-refractivity contribution < 1.29 is 9.53 Å². The van der Waals surface area contributed by atoms with Crippen molar-refractivity contribution in [1.82, 2.24) is 9.80 Å². The first-order valence-electron chi connectivity index (χ1n) is 7.82. The molecule has 0 bridgehead atoms. The Hall–Kier alpha value is -1.55. The number of likely N-dealkylation sites (tertiary alicyclic amines) is 1.